The summed E-state index contributed by atoms with van der Waals surface area (Å²) < 4.78 is 6.24. The Morgan fingerprint density at radius 1 is 1.15 bits per heavy atom. The third kappa shape index (κ3) is 4.65. The molecule has 1 fully saturated rings. The summed E-state index contributed by atoms with van der Waals surface area (Å²) in [5.74, 6) is -1.13. The highest BCUT2D eigenvalue weighted by atomic mass is 16.5. The second-order valence-corrected chi connectivity index (χ2v) is 9.38. The molecule has 0 spiro atoms. The smallest absolute Gasteiger partial charge is 0.358 e. The van der Waals surface area contributed by atoms with Crippen molar-refractivity contribution >= 4 is 17.8 Å². The first-order valence-corrected chi connectivity index (χ1v) is 11.7. The van der Waals surface area contributed by atoms with Gasteiger partial charge in [-0.05, 0) is 32.3 Å². The fourth-order valence-corrected chi connectivity index (χ4v) is 4.73. The predicted octanol–water partition coefficient (Wildman–Crippen LogP) is 3.23. The Bertz CT molecular complexity index is 1040. The van der Waals surface area contributed by atoms with Crippen LogP contribution in [0.3, 0.4) is 0 Å². The topological polar surface area (TPSA) is 93.5 Å². The number of carbonyl (C=O) groups is 3. The zero-order valence-corrected chi connectivity index (χ0v) is 19.6. The van der Waals surface area contributed by atoms with E-state index >= 15 is 0 Å². The molecule has 33 heavy (non-hydrogen) atoms. The molecule has 1 saturated carbocycles. The van der Waals surface area contributed by atoms with Crippen molar-refractivity contribution in [2.24, 2.45) is 0 Å². The van der Waals surface area contributed by atoms with Gasteiger partial charge in [-0.15, -0.1) is 0 Å². The van der Waals surface area contributed by atoms with Crippen LogP contribution < -0.4 is 5.32 Å². The molecule has 1 aromatic carbocycles. The van der Waals surface area contributed by atoms with Gasteiger partial charge in [-0.3, -0.25) is 14.3 Å². The third-order valence-electron chi connectivity index (χ3n) is 6.83. The number of carbonyl (C=O) groups excluding carboxylic acids is 3. The molecule has 2 heterocycles. The molecule has 1 atom stereocenters. The SMILES string of the molecule is COC(=O)c1cc2n(n1)C[C@](C)(C(=O)NC1CCCCCC1)N(Cc1ccc(C)cc1)C2=O. The predicted molar refractivity (Wildman–Crippen MR) is 123 cm³/mol. The number of methoxy groups -OCH3 is 1. The maximum atomic E-state index is 13.7. The zero-order chi connectivity index (χ0) is 23.6. The highest BCUT2D eigenvalue weighted by Crippen LogP contribution is 2.30. The van der Waals surface area contributed by atoms with Gasteiger partial charge >= 0.3 is 5.97 Å². The van der Waals surface area contributed by atoms with E-state index < -0.39 is 11.5 Å². The Labute approximate surface area is 194 Å². The minimum atomic E-state index is -1.15. The zero-order valence-electron chi connectivity index (χ0n) is 19.6. The highest BCUT2D eigenvalue weighted by Gasteiger charge is 2.48. The van der Waals surface area contributed by atoms with Crippen LogP contribution in [0.1, 0.15) is 77.6 Å². The lowest BCUT2D eigenvalue weighted by atomic mass is 9.93. The van der Waals surface area contributed by atoms with Crippen LogP contribution in [0, 0.1) is 6.92 Å². The molecule has 1 aliphatic heterocycles. The Morgan fingerprint density at radius 3 is 2.45 bits per heavy atom. The van der Waals surface area contributed by atoms with Gasteiger partial charge in [0.2, 0.25) is 5.91 Å². The Balaban J connectivity index is 1.68. The van der Waals surface area contributed by atoms with Gasteiger partial charge in [0.25, 0.3) is 5.91 Å². The first-order valence-electron chi connectivity index (χ1n) is 11.7. The molecule has 176 valence electrons. The van der Waals surface area contributed by atoms with Crippen LogP contribution >= 0.6 is 0 Å². The van der Waals surface area contributed by atoms with Crippen molar-refractivity contribution in [1.82, 2.24) is 20.0 Å². The molecule has 0 radical (unpaired) electrons. The Kier molecular flexibility index (Phi) is 6.54. The molecular weight excluding hydrogens is 420 g/mol. The van der Waals surface area contributed by atoms with Crippen LogP contribution in [-0.2, 0) is 22.6 Å². The van der Waals surface area contributed by atoms with Crippen molar-refractivity contribution in [3.63, 3.8) is 0 Å². The molecule has 0 bridgehead atoms. The molecule has 1 N–H and O–H groups in total. The summed E-state index contributed by atoms with van der Waals surface area (Å²) in [7, 11) is 1.27. The summed E-state index contributed by atoms with van der Waals surface area (Å²) in [6, 6.07) is 9.48. The summed E-state index contributed by atoms with van der Waals surface area (Å²) in [4.78, 5) is 40.9. The second-order valence-electron chi connectivity index (χ2n) is 9.38. The van der Waals surface area contributed by atoms with Crippen molar-refractivity contribution in [3.8, 4) is 0 Å². The first kappa shape index (κ1) is 23.0. The molecule has 2 aromatic rings. The Morgan fingerprint density at radius 2 is 1.82 bits per heavy atom. The van der Waals surface area contributed by atoms with Crippen molar-refractivity contribution in [1.29, 1.82) is 0 Å². The lowest BCUT2D eigenvalue weighted by molar-refractivity contribution is -0.134. The minimum Gasteiger partial charge on any atom is -0.464 e. The van der Waals surface area contributed by atoms with E-state index in [9.17, 15) is 14.4 Å². The van der Waals surface area contributed by atoms with Crippen molar-refractivity contribution < 1.29 is 19.1 Å². The number of ether oxygens (including phenoxy) is 1. The van der Waals surface area contributed by atoms with E-state index in [1.807, 2.05) is 31.2 Å². The third-order valence-corrected chi connectivity index (χ3v) is 6.83. The molecule has 0 unspecified atom stereocenters. The fourth-order valence-electron chi connectivity index (χ4n) is 4.73. The van der Waals surface area contributed by atoms with Crippen molar-refractivity contribution in [3.05, 3.63) is 52.8 Å². The number of aromatic nitrogens is 2. The standard InChI is InChI=1S/C25H32N4O4/c1-17-10-12-18(13-11-17)15-28-22(30)21-14-20(23(31)33-3)27-29(21)16-25(28,2)24(32)26-19-8-6-4-5-7-9-19/h10-14,19H,4-9,15-16H2,1-3H3,(H,26,32)/t25-/m1/s1. The number of aryl methyl sites for hydroxylation is 1. The van der Waals surface area contributed by atoms with Crippen molar-refractivity contribution in [2.75, 3.05) is 7.11 Å². The van der Waals surface area contributed by atoms with Gasteiger partial charge in [0.1, 0.15) is 11.2 Å². The lowest BCUT2D eigenvalue weighted by Gasteiger charge is -2.44. The maximum Gasteiger partial charge on any atom is 0.358 e. The van der Waals surface area contributed by atoms with Crippen LogP contribution in [0.4, 0.5) is 0 Å². The molecule has 8 heteroatoms. The van der Waals surface area contributed by atoms with E-state index in [1.54, 1.807) is 11.8 Å². The molecule has 1 aromatic heterocycles. The largest absolute Gasteiger partial charge is 0.464 e. The van der Waals surface area contributed by atoms with Crippen LogP contribution in [-0.4, -0.2) is 51.2 Å². The minimum absolute atomic E-state index is 0.0598. The number of fused-ring (bicyclic) bond motifs is 1. The van der Waals surface area contributed by atoms with Gasteiger partial charge < -0.3 is 15.0 Å². The lowest BCUT2D eigenvalue weighted by Crippen LogP contribution is -2.64. The van der Waals surface area contributed by atoms with Crippen LogP contribution in [0.25, 0.3) is 0 Å². The van der Waals surface area contributed by atoms with Gasteiger partial charge in [-0.25, -0.2) is 4.79 Å². The van der Waals surface area contributed by atoms with Crippen LogP contribution in [0.15, 0.2) is 30.3 Å². The maximum absolute atomic E-state index is 13.7. The number of nitrogens with one attached hydrogen (secondary N) is 1. The van der Waals surface area contributed by atoms with Gasteiger partial charge in [0.15, 0.2) is 5.69 Å². The highest BCUT2D eigenvalue weighted by molar-refractivity contribution is 6.01. The summed E-state index contributed by atoms with van der Waals surface area (Å²) in [5, 5.41) is 7.50. The first-order chi connectivity index (χ1) is 15.8. The summed E-state index contributed by atoms with van der Waals surface area (Å²) in [6.45, 7) is 4.24. The summed E-state index contributed by atoms with van der Waals surface area (Å²) >= 11 is 0. The molecule has 8 nitrogen and oxygen atoms in total. The number of nitrogens with zero attached hydrogens (tertiary/aromatic N) is 3. The molecular formula is C25H32N4O4. The molecule has 4 rings (SSSR count). The summed E-state index contributed by atoms with van der Waals surface area (Å²) in [5.41, 5.74) is 1.24. The number of hydrogen-bond acceptors (Lipinski definition) is 5. The average molecular weight is 453 g/mol. The number of esters is 1. The fraction of sp³-hybridized carbons (Fsp3) is 0.520. The molecule has 2 amide bonds. The normalized spacial score (nSPS) is 21.3. The van der Waals surface area contributed by atoms with E-state index in [-0.39, 0.29) is 42.3 Å². The van der Waals surface area contributed by atoms with E-state index in [2.05, 4.69) is 10.4 Å². The van der Waals surface area contributed by atoms with E-state index in [0.717, 1.165) is 36.8 Å². The van der Waals surface area contributed by atoms with Gasteiger partial charge in [-0.2, -0.15) is 5.10 Å². The van der Waals surface area contributed by atoms with Crippen LogP contribution in [0.5, 0.6) is 0 Å². The van der Waals surface area contributed by atoms with Gasteiger partial charge in [0.05, 0.1) is 13.7 Å². The number of rotatable bonds is 5. The average Bonchev–Trinajstić information content (AvgIpc) is 3.05. The van der Waals surface area contributed by atoms with E-state index in [0.29, 0.717) is 0 Å². The molecule has 1 aliphatic carbocycles. The summed E-state index contributed by atoms with van der Waals surface area (Å²) in [6.07, 6.45) is 6.47. The van der Waals surface area contributed by atoms with Crippen molar-refractivity contribution in [2.45, 2.75) is 77.0 Å². The van der Waals surface area contributed by atoms with Gasteiger partial charge in [0, 0.05) is 18.7 Å². The number of hydrogen-bond donors (Lipinski definition) is 1. The van der Waals surface area contributed by atoms with Crippen LogP contribution in [0.2, 0.25) is 0 Å². The van der Waals surface area contributed by atoms with E-state index in [4.69, 9.17) is 4.74 Å². The second kappa shape index (κ2) is 9.37. The quantitative estimate of drug-likeness (QED) is 0.555. The Hall–Kier alpha value is -3.16. The monoisotopic (exact) mass is 452 g/mol. The van der Waals surface area contributed by atoms with E-state index in [1.165, 1.54) is 30.7 Å². The number of amides is 2. The molecule has 2 aliphatic rings. The number of benzene rings is 1. The van der Waals surface area contributed by atoms with Gasteiger partial charge in [-0.1, -0.05) is 55.5 Å². The molecule has 0 saturated heterocycles.